The summed E-state index contributed by atoms with van der Waals surface area (Å²) in [4.78, 5) is 2.13. The van der Waals surface area contributed by atoms with Crippen LogP contribution < -0.4 is 5.32 Å². The standard InChI is InChI=1S/C13H30N2O2S/c1-11(2)9-14-10-12(3)13(4)15(5)7-8-18(6,16)17/h11-14H,7-10H2,1-6H3. The third kappa shape index (κ3) is 8.89. The number of rotatable bonds is 9. The van der Waals surface area contributed by atoms with Crippen molar-refractivity contribution in [2.75, 3.05) is 38.7 Å². The third-order valence-corrected chi connectivity index (χ3v) is 4.28. The maximum absolute atomic E-state index is 11.1. The lowest BCUT2D eigenvalue weighted by Gasteiger charge is -2.30. The molecule has 0 rings (SSSR count). The summed E-state index contributed by atoms with van der Waals surface area (Å²) in [7, 11) is -0.869. The van der Waals surface area contributed by atoms with Gasteiger partial charge in [-0.25, -0.2) is 8.42 Å². The van der Waals surface area contributed by atoms with Crippen LogP contribution in [-0.4, -0.2) is 58.1 Å². The molecule has 0 fully saturated rings. The van der Waals surface area contributed by atoms with E-state index in [0.717, 1.165) is 13.1 Å². The maximum atomic E-state index is 11.1. The van der Waals surface area contributed by atoms with Crippen LogP contribution in [0, 0.1) is 11.8 Å². The van der Waals surface area contributed by atoms with Gasteiger partial charge in [0, 0.05) is 18.8 Å². The zero-order chi connectivity index (χ0) is 14.3. The Labute approximate surface area is 113 Å². The van der Waals surface area contributed by atoms with E-state index in [-0.39, 0.29) is 5.75 Å². The van der Waals surface area contributed by atoms with Crippen LogP contribution in [0.25, 0.3) is 0 Å². The fraction of sp³-hybridized carbons (Fsp3) is 1.00. The summed E-state index contributed by atoms with van der Waals surface area (Å²) in [5.41, 5.74) is 0. The molecule has 0 amide bonds. The van der Waals surface area contributed by atoms with Crippen molar-refractivity contribution in [2.24, 2.45) is 11.8 Å². The quantitative estimate of drug-likeness (QED) is 0.689. The van der Waals surface area contributed by atoms with Crippen LogP contribution >= 0.6 is 0 Å². The number of hydrogen-bond donors (Lipinski definition) is 1. The lowest BCUT2D eigenvalue weighted by molar-refractivity contribution is 0.205. The van der Waals surface area contributed by atoms with E-state index in [4.69, 9.17) is 0 Å². The summed E-state index contributed by atoms with van der Waals surface area (Å²) in [6.07, 6.45) is 1.29. The Hall–Kier alpha value is -0.130. The van der Waals surface area contributed by atoms with Gasteiger partial charge >= 0.3 is 0 Å². The van der Waals surface area contributed by atoms with Crippen LogP contribution in [0.5, 0.6) is 0 Å². The normalized spacial score (nSPS) is 16.2. The maximum Gasteiger partial charge on any atom is 0.148 e. The fourth-order valence-corrected chi connectivity index (χ4v) is 2.34. The molecule has 110 valence electrons. The monoisotopic (exact) mass is 278 g/mol. The van der Waals surface area contributed by atoms with Crippen LogP contribution in [0.15, 0.2) is 0 Å². The van der Waals surface area contributed by atoms with Gasteiger partial charge in [-0.15, -0.1) is 0 Å². The smallest absolute Gasteiger partial charge is 0.148 e. The Morgan fingerprint density at radius 3 is 2.11 bits per heavy atom. The Morgan fingerprint density at radius 1 is 1.11 bits per heavy atom. The van der Waals surface area contributed by atoms with Gasteiger partial charge in [0.1, 0.15) is 9.84 Å². The first kappa shape index (κ1) is 17.9. The van der Waals surface area contributed by atoms with Crippen molar-refractivity contribution in [1.29, 1.82) is 0 Å². The summed E-state index contributed by atoms with van der Waals surface area (Å²) in [5.74, 6) is 1.41. The van der Waals surface area contributed by atoms with Crippen molar-refractivity contribution in [3.63, 3.8) is 0 Å². The molecular formula is C13H30N2O2S. The molecule has 0 saturated heterocycles. The summed E-state index contributed by atoms with van der Waals surface area (Å²) < 4.78 is 22.3. The Kier molecular flexibility index (Phi) is 8.06. The van der Waals surface area contributed by atoms with Crippen LogP contribution in [0.1, 0.15) is 27.7 Å². The van der Waals surface area contributed by atoms with Crippen molar-refractivity contribution in [3.8, 4) is 0 Å². The van der Waals surface area contributed by atoms with Crippen LogP contribution in [0.4, 0.5) is 0 Å². The predicted molar refractivity (Wildman–Crippen MR) is 78.7 cm³/mol. The van der Waals surface area contributed by atoms with Crippen molar-refractivity contribution >= 4 is 9.84 Å². The van der Waals surface area contributed by atoms with Crippen molar-refractivity contribution in [1.82, 2.24) is 10.2 Å². The molecule has 0 aromatic carbocycles. The first-order chi connectivity index (χ1) is 8.13. The second-order valence-electron chi connectivity index (χ2n) is 5.88. The Bertz CT molecular complexity index is 315. The predicted octanol–water partition coefficient (Wildman–Crippen LogP) is 1.23. The minimum atomic E-state index is -2.86. The third-order valence-electron chi connectivity index (χ3n) is 3.35. The SMILES string of the molecule is CC(C)CNCC(C)C(C)N(C)CCS(C)(=O)=O. The summed E-state index contributed by atoms with van der Waals surface area (Å²) in [6.45, 7) is 11.4. The summed E-state index contributed by atoms with van der Waals surface area (Å²) in [5, 5.41) is 3.45. The van der Waals surface area contributed by atoms with Crippen molar-refractivity contribution in [3.05, 3.63) is 0 Å². The van der Waals surface area contributed by atoms with Crippen LogP contribution in [0.2, 0.25) is 0 Å². The minimum absolute atomic E-state index is 0.236. The van der Waals surface area contributed by atoms with Gasteiger partial charge in [-0.05, 0) is 38.9 Å². The van der Waals surface area contributed by atoms with Crippen LogP contribution in [0.3, 0.4) is 0 Å². The van der Waals surface area contributed by atoms with E-state index in [1.165, 1.54) is 6.26 Å². The first-order valence-electron chi connectivity index (χ1n) is 6.72. The first-order valence-corrected chi connectivity index (χ1v) is 8.78. The minimum Gasteiger partial charge on any atom is -0.316 e. The van der Waals surface area contributed by atoms with E-state index in [1.807, 2.05) is 7.05 Å². The molecule has 0 aliphatic rings. The second-order valence-corrected chi connectivity index (χ2v) is 8.14. The molecule has 0 spiro atoms. The molecule has 2 atom stereocenters. The average molecular weight is 278 g/mol. The van der Waals surface area contributed by atoms with Crippen molar-refractivity contribution in [2.45, 2.75) is 33.7 Å². The number of sulfone groups is 1. The van der Waals surface area contributed by atoms with E-state index >= 15 is 0 Å². The zero-order valence-electron chi connectivity index (χ0n) is 12.7. The van der Waals surface area contributed by atoms with E-state index in [9.17, 15) is 8.42 Å². The fourth-order valence-electron chi connectivity index (χ4n) is 1.72. The van der Waals surface area contributed by atoms with Gasteiger partial charge in [0.2, 0.25) is 0 Å². The number of nitrogens with zero attached hydrogens (tertiary/aromatic N) is 1. The van der Waals surface area contributed by atoms with Gasteiger partial charge in [-0.3, -0.25) is 0 Å². The largest absolute Gasteiger partial charge is 0.316 e. The highest BCUT2D eigenvalue weighted by atomic mass is 32.2. The molecule has 0 aromatic rings. The van der Waals surface area contributed by atoms with Gasteiger partial charge in [-0.2, -0.15) is 0 Å². The highest BCUT2D eigenvalue weighted by Crippen LogP contribution is 2.08. The van der Waals surface area contributed by atoms with Gasteiger partial charge < -0.3 is 10.2 Å². The lowest BCUT2D eigenvalue weighted by atomic mass is 10.0. The zero-order valence-corrected chi connectivity index (χ0v) is 13.5. The molecule has 0 aliphatic heterocycles. The van der Waals surface area contributed by atoms with Crippen molar-refractivity contribution < 1.29 is 8.42 Å². The Morgan fingerprint density at radius 2 is 1.67 bits per heavy atom. The Balaban J connectivity index is 4.00. The van der Waals surface area contributed by atoms with E-state index in [0.29, 0.717) is 24.4 Å². The second kappa shape index (κ2) is 8.12. The topological polar surface area (TPSA) is 49.4 Å². The summed E-state index contributed by atoms with van der Waals surface area (Å²) >= 11 is 0. The molecular weight excluding hydrogens is 248 g/mol. The van der Waals surface area contributed by atoms with Gasteiger partial charge in [-0.1, -0.05) is 20.8 Å². The lowest BCUT2D eigenvalue weighted by Crippen LogP contribution is -2.41. The molecule has 5 heteroatoms. The molecule has 0 bridgehead atoms. The highest BCUT2D eigenvalue weighted by Gasteiger charge is 2.17. The molecule has 0 radical (unpaired) electrons. The van der Waals surface area contributed by atoms with Gasteiger partial charge in [0.15, 0.2) is 0 Å². The molecule has 0 aromatic heterocycles. The number of hydrogen-bond acceptors (Lipinski definition) is 4. The molecule has 1 N–H and O–H groups in total. The van der Waals surface area contributed by atoms with E-state index in [1.54, 1.807) is 0 Å². The van der Waals surface area contributed by atoms with Gasteiger partial charge in [0.05, 0.1) is 5.75 Å². The highest BCUT2D eigenvalue weighted by molar-refractivity contribution is 7.90. The number of nitrogens with one attached hydrogen (secondary N) is 1. The van der Waals surface area contributed by atoms with Gasteiger partial charge in [0.25, 0.3) is 0 Å². The molecule has 4 nitrogen and oxygen atoms in total. The van der Waals surface area contributed by atoms with E-state index < -0.39 is 9.84 Å². The average Bonchev–Trinajstić information content (AvgIpc) is 2.23. The van der Waals surface area contributed by atoms with Crippen LogP contribution in [-0.2, 0) is 9.84 Å². The molecule has 0 saturated carbocycles. The molecule has 2 unspecified atom stereocenters. The van der Waals surface area contributed by atoms with E-state index in [2.05, 4.69) is 37.9 Å². The summed E-state index contributed by atoms with van der Waals surface area (Å²) in [6, 6.07) is 0.381. The molecule has 18 heavy (non-hydrogen) atoms. The molecule has 0 heterocycles. The molecule has 0 aliphatic carbocycles.